The molecular weight excluding hydrogens is 216 g/mol. The quantitative estimate of drug-likeness (QED) is 0.757. The second kappa shape index (κ2) is 5.34. The van der Waals surface area contributed by atoms with Crippen LogP contribution in [0.1, 0.15) is 43.6 Å². The van der Waals surface area contributed by atoms with E-state index in [0.29, 0.717) is 5.92 Å². The van der Waals surface area contributed by atoms with Gasteiger partial charge in [-0.15, -0.1) is 0 Å². The summed E-state index contributed by atoms with van der Waals surface area (Å²) in [5.41, 5.74) is 2.98. The number of aryl methyl sites for hydroxylation is 1. The van der Waals surface area contributed by atoms with Crippen LogP contribution in [0, 0.1) is 19.8 Å². The van der Waals surface area contributed by atoms with Gasteiger partial charge in [0.25, 0.3) is 0 Å². The van der Waals surface area contributed by atoms with Crippen molar-refractivity contribution >= 4 is 5.97 Å². The van der Waals surface area contributed by atoms with Crippen LogP contribution in [0.4, 0.5) is 0 Å². The Morgan fingerprint density at radius 1 is 1.35 bits per heavy atom. The van der Waals surface area contributed by atoms with Crippen LogP contribution in [0.15, 0.2) is 0 Å². The smallest absolute Gasteiger partial charge is 0.312 e. The molecule has 0 amide bonds. The second-order valence-corrected chi connectivity index (χ2v) is 4.91. The van der Waals surface area contributed by atoms with E-state index in [4.69, 9.17) is 4.74 Å². The molecule has 1 aromatic heterocycles. The highest BCUT2D eigenvalue weighted by Crippen LogP contribution is 2.24. The molecule has 17 heavy (non-hydrogen) atoms. The van der Waals surface area contributed by atoms with E-state index in [1.807, 2.05) is 25.5 Å². The Morgan fingerprint density at radius 2 is 1.94 bits per heavy atom. The van der Waals surface area contributed by atoms with Gasteiger partial charge in [0, 0.05) is 17.8 Å². The molecule has 0 spiro atoms. The molecule has 0 saturated carbocycles. The molecule has 96 valence electrons. The molecule has 0 aliphatic heterocycles. The molecule has 1 atom stereocenters. The lowest BCUT2D eigenvalue weighted by atomic mass is 9.99. The van der Waals surface area contributed by atoms with Gasteiger partial charge in [-0.2, -0.15) is 5.10 Å². The highest BCUT2D eigenvalue weighted by atomic mass is 16.5. The van der Waals surface area contributed by atoms with Crippen molar-refractivity contribution < 1.29 is 9.53 Å². The highest BCUT2D eigenvalue weighted by Gasteiger charge is 2.23. The van der Waals surface area contributed by atoms with Gasteiger partial charge in [0.05, 0.1) is 18.7 Å². The van der Waals surface area contributed by atoms with Crippen molar-refractivity contribution in [1.82, 2.24) is 9.78 Å². The summed E-state index contributed by atoms with van der Waals surface area (Å²) in [4.78, 5) is 11.6. The number of ether oxygens (including phenoxy) is 1. The van der Waals surface area contributed by atoms with E-state index in [1.54, 1.807) is 0 Å². The van der Waals surface area contributed by atoms with E-state index in [9.17, 15) is 4.79 Å². The van der Waals surface area contributed by atoms with Crippen molar-refractivity contribution in [2.75, 3.05) is 7.11 Å². The fourth-order valence-corrected chi connectivity index (χ4v) is 2.16. The Bertz CT molecular complexity index is 408. The van der Waals surface area contributed by atoms with Gasteiger partial charge in [0.15, 0.2) is 0 Å². The second-order valence-electron chi connectivity index (χ2n) is 4.91. The number of methoxy groups -OCH3 is 1. The minimum atomic E-state index is -0.249. The zero-order valence-electron chi connectivity index (χ0n) is 11.6. The van der Waals surface area contributed by atoms with Crippen molar-refractivity contribution in [1.29, 1.82) is 0 Å². The van der Waals surface area contributed by atoms with Crippen LogP contribution in [0.2, 0.25) is 0 Å². The van der Waals surface area contributed by atoms with Crippen molar-refractivity contribution in [3.63, 3.8) is 0 Å². The third-order valence-electron chi connectivity index (χ3n) is 2.96. The lowest BCUT2D eigenvalue weighted by Gasteiger charge is -2.11. The van der Waals surface area contributed by atoms with Crippen molar-refractivity contribution in [2.24, 2.45) is 5.92 Å². The van der Waals surface area contributed by atoms with Gasteiger partial charge in [0.1, 0.15) is 0 Å². The van der Waals surface area contributed by atoms with E-state index in [1.165, 1.54) is 7.11 Å². The Kier molecular flexibility index (Phi) is 4.32. The van der Waals surface area contributed by atoms with Crippen molar-refractivity contribution in [2.45, 2.75) is 47.1 Å². The number of nitrogens with zero attached hydrogens (tertiary/aromatic N) is 2. The van der Waals surface area contributed by atoms with Gasteiger partial charge in [-0.3, -0.25) is 9.48 Å². The molecular formula is C13H22N2O2. The molecule has 0 aromatic carbocycles. The molecule has 0 saturated heterocycles. The Morgan fingerprint density at radius 3 is 2.41 bits per heavy atom. The predicted octanol–water partition coefficient (Wildman–Crippen LogP) is 2.43. The standard InChI is InChI=1S/C13H22N2O2/c1-8(2)7-15-11(5)12(10(4)14-15)9(3)13(16)17-6/h8-9H,7H2,1-6H3. The highest BCUT2D eigenvalue weighted by molar-refractivity contribution is 5.78. The molecule has 1 unspecified atom stereocenters. The maximum absolute atomic E-state index is 11.6. The predicted molar refractivity (Wildman–Crippen MR) is 67.0 cm³/mol. The lowest BCUT2D eigenvalue weighted by molar-refractivity contribution is -0.142. The summed E-state index contributed by atoms with van der Waals surface area (Å²) in [6.45, 7) is 11.0. The molecule has 0 bridgehead atoms. The van der Waals surface area contributed by atoms with E-state index in [2.05, 4.69) is 18.9 Å². The SMILES string of the molecule is COC(=O)C(C)c1c(C)nn(CC(C)C)c1C. The van der Waals surface area contributed by atoms with E-state index in [-0.39, 0.29) is 11.9 Å². The zero-order chi connectivity index (χ0) is 13.2. The number of rotatable bonds is 4. The zero-order valence-corrected chi connectivity index (χ0v) is 11.6. The normalized spacial score (nSPS) is 12.9. The summed E-state index contributed by atoms with van der Waals surface area (Å²) in [6, 6.07) is 0. The molecule has 4 nitrogen and oxygen atoms in total. The van der Waals surface area contributed by atoms with Crippen LogP contribution in [0.3, 0.4) is 0 Å². The first kappa shape index (κ1) is 13.7. The fraction of sp³-hybridized carbons (Fsp3) is 0.692. The van der Waals surface area contributed by atoms with Crippen LogP contribution in [0.5, 0.6) is 0 Å². The molecule has 0 fully saturated rings. The van der Waals surface area contributed by atoms with Crippen LogP contribution >= 0.6 is 0 Å². The first-order chi connectivity index (χ1) is 7.88. The summed E-state index contributed by atoms with van der Waals surface area (Å²) in [5.74, 6) is 0.0792. The Hall–Kier alpha value is -1.32. The average Bonchev–Trinajstić information content (AvgIpc) is 2.51. The summed E-state index contributed by atoms with van der Waals surface area (Å²) in [7, 11) is 1.42. The number of aromatic nitrogens is 2. The van der Waals surface area contributed by atoms with Crippen LogP contribution in [0.25, 0.3) is 0 Å². The van der Waals surface area contributed by atoms with Gasteiger partial charge in [-0.1, -0.05) is 13.8 Å². The van der Waals surface area contributed by atoms with Gasteiger partial charge in [-0.05, 0) is 26.7 Å². The largest absolute Gasteiger partial charge is 0.469 e. The topological polar surface area (TPSA) is 44.1 Å². The summed E-state index contributed by atoms with van der Waals surface area (Å²) in [6.07, 6.45) is 0. The van der Waals surface area contributed by atoms with E-state index >= 15 is 0 Å². The Labute approximate surface area is 103 Å². The number of carbonyl (C=O) groups excluding carboxylic acids is 1. The third-order valence-corrected chi connectivity index (χ3v) is 2.96. The molecule has 0 aliphatic carbocycles. The molecule has 0 aliphatic rings. The summed E-state index contributed by atoms with van der Waals surface area (Å²) < 4.78 is 6.77. The minimum Gasteiger partial charge on any atom is -0.469 e. The molecule has 4 heteroatoms. The molecule has 1 rings (SSSR count). The number of carbonyl (C=O) groups is 1. The van der Waals surface area contributed by atoms with E-state index in [0.717, 1.165) is 23.5 Å². The van der Waals surface area contributed by atoms with Crippen molar-refractivity contribution in [3.8, 4) is 0 Å². The number of hydrogen-bond donors (Lipinski definition) is 0. The van der Waals surface area contributed by atoms with Crippen LogP contribution in [-0.4, -0.2) is 22.9 Å². The Balaban J connectivity index is 3.08. The van der Waals surface area contributed by atoms with E-state index < -0.39 is 0 Å². The lowest BCUT2D eigenvalue weighted by Crippen LogP contribution is -2.13. The van der Waals surface area contributed by atoms with Gasteiger partial charge >= 0.3 is 5.97 Å². The maximum atomic E-state index is 11.6. The van der Waals surface area contributed by atoms with Gasteiger partial charge in [-0.25, -0.2) is 0 Å². The van der Waals surface area contributed by atoms with Crippen molar-refractivity contribution in [3.05, 3.63) is 17.0 Å². The van der Waals surface area contributed by atoms with Gasteiger partial charge < -0.3 is 4.74 Å². The molecule has 1 heterocycles. The summed E-state index contributed by atoms with van der Waals surface area (Å²) in [5, 5.41) is 4.50. The molecule has 0 N–H and O–H groups in total. The maximum Gasteiger partial charge on any atom is 0.312 e. The van der Waals surface area contributed by atoms with Crippen LogP contribution in [-0.2, 0) is 16.1 Å². The molecule has 0 radical (unpaired) electrons. The minimum absolute atomic E-state index is 0.208. The average molecular weight is 238 g/mol. The summed E-state index contributed by atoms with van der Waals surface area (Å²) >= 11 is 0. The number of hydrogen-bond acceptors (Lipinski definition) is 3. The third kappa shape index (κ3) is 2.87. The monoisotopic (exact) mass is 238 g/mol. The first-order valence-corrected chi connectivity index (χ1v) is 6.00. The number of esters is 1. The fourth-order valence-electron chi connectivity index (χ4n) is 2.16. The molecule has 1 aromatic rings. The first-order valence-electron chi connectivity index (χ1n) is 6.00. The van der Waals surface area contributed by atoms with Crippen LogP contribution < -0.4 is 0 Å². The van der Waals surface area contributed by atoms with Gasteiger partial charge in [0.2, 0.25) is 0 Å².